The minimum absolute atomic E-state index is 0. The Bertz CT molecular complexity index is 730. The lowest BCUT2D eigenvalue weighted by Gasteiger charge is -2.35. The number of nitrogens with one attached hydrogen (secondary N) is 1. The molecule has 1 aromatic heterocycles. The van der Waals surface area contributed by atoms with Gasteiger partial charge in [-0.2, -0.15) is 5.10 Å². The van der Waals surface area contributed by atoms with Crippen molar-refractivity contribution in [2.45, 2.75) is 6.54 Å². The molecule has 1 amide bonds. The SMILES string of the molecule is CN=C(NCc1ccccc1)N1CCN(c2cnn(C)c2)C(=O)C1.I. The van der Waals surface area contributed by atoms with Gasteiger partial charge >= 0.3 is 0 Å². The molecule has 3 rings (SSSR count). The first-order chi connectivity index (χ1) is 11.7. The Labute approximate surface area is 164 Å². The van der Waals surface area contributed by atoms with Crippen molar-refractivity contribution in [1.82, 2.24) is 20.0 Å². The smallest absolute Gasteiger partial charge is 0.246 e. The topological polar surface area (TPSA) is 65.8 Å². The van der Waals surface area contributed by atoms with Crippen LogP contribution in [-0.4, -0.2) is 53.2 Å². The number of aliphatic imine (C=N–C) groups is 1. The van der Waals surface area contributed by atoms with E-state index < -0.39 is 0 Å². The van der Waals surface area contributed by atoms with Crippen molar-refractivity contribution < 1.29 is 4.79 Å². The number of benzene rings is 1. The molecule has 1 N–H and O–H groups in total. The molecule has 0 radical (unpaired) electrons. The molecule has 0 aliphatic carbocycles. The van der Waals surface area contributed by atoms with Crippen LogP contribution in [0.15, 0.2) is 47.7 Å². The van der Waals surface area contributed by atoms with Crippen LogP contribution in [0.1, 0.15) is 5.56 Å². The summed E-state index contributed by atoms with van der Waals surface area (Å²) in [4.78, 5) is 20.5. The number of amides is 1. The fourth-order valence-corrected chi connectivity index (χ4v) is 2.78. The first kappa shape index (κ1) is 19.2. The third-order valence-electron chi connectivity index (χ3n) is 4.03. The first-order valence-corrected chi connectivity index (χ1v) is 7.96. The van der Waals surface area contributed by atoms with Crippen LogP contribution in [-0.2, 0) is 18.4 Å². The minimum atomic E-state index is 0. The quantitative estimate of drug-likeness (QED) is 0.434. The molecule has 2 heterocycles. The van der Waals surface area contributed by atoms with E-state index in [-0.39, 0.29) is 29.9 Å². The highest BCUT2D eigenvalue weighted by molar-refractivity contribution is 14.0. The maximum Gasteiger partial charge on any atom is 0.246 e. The monoisotopic (exact) mass is 454 g/mol. The second kappa shape index (κ2) is 8.84. The van der Waals surface area contributed by atoms with Gasteiger partial charge in [0.1, 0.15) is 6.54 Å². The van der Waals surface area contributed by atoms with Crippen LogP contribution >= 0.6 is 24.0 Å². The second-order valence-electron chi connectivity index (χ2n) is 5.73. The summed E-state index contributed by atoms with van der Waals surface area (Å²) < 4.78 is 1.70. The predicted octanol–water partition coefficient (Wildman–Crippen LogP) is 1.46. The zero-order valence-corrected chi connectivity index (χ0v) is 16.8. The molecule has 7 nitrogen and oxygen atoms in total. The molecule has 1 aliphatic heterocycles. The number of hydrogen-bond donors (Lipinski definition) is 1. The number of aromatic nitrogens is 2. The van der Waals surface area contributed by atoms with Gasteiger partial charge in [0.05, 0.1) is 11.9 Å². The van der Waals surface area contributed by atoms with Crippen molar-refractivity contribution in [3.8, 4) is 0 Å². The van der Waals surface area contributed by atoms with E-state index in [4.69, 9.17) is 0 Å². The summed E-state index contributed by atoms with van der Waals surface area (Å²) in [5, 5.41) is 7.46. The number of piperazine rings is 1. The highest BCUT2D eigenvalue weighted by Gasteiger charge is 2.27. The van der Waals surface area contributed by atoms with Gasteiger partial charge in [-0.3, -0.25) is 14.5 Å². The van der Waals surface area contributed by atoms with Gasteiger partial charge < -0.3 is 15.1 Å². The van der Waals surface area contributed by atoms with Crippen LogP contribution < -0.4 is 10.2 Å². The fraction of sp³-hybridized carbons (Fsp3) is 0.353. The van der Waals surface area contributed by atoms with Crippen molar-refractivity contribution in [3.05, 3.63) is 48.3 Å². The summed E-state index contributed by atoms with van der Waals surface area (Å²) in [6.07, 6.45) is 3.58. The normalized spacial score (nSPS) is 15.1. The Balaban J connectivity index is 0.00000225. The van der Waals surface area contributed by atoms with Crippen LogP contribution in [0.3, 0.4) is 0 Å². The molecular formula is C17H23IN6O. The van der Waals surface area contributed by atoms with Crippen LogP contribution in [0.4, 0.5) is 5.69 Å². The summed E-state index contributed by atoms with van der Waals surface area (Å²) in [6, 6.07) is 10.1. The number of rotatable bonds is 3. The molecule has 1 fully saturated rings. The largest absolute Gasteiger partial charge is 0.352 e. The van der Waals surface area contributed by atoms with E-state index in [9.17, 15) is 4.79 Å². The molecule has 0 unspecified atom stereocenters. The fourth-order valence-electron chi connectivity index (χ4n) is 2.78. The van der Waals surface area contributed by atoms with Gasteiger partial charge in [0.15, 0.2) is 5.96 Å². The number of halogens is 1. The maximum absolute atomic E-state index is 12.5. The standard InChI is InChI=1S/C17H22N6O.HI/c1-18-17(19-10-14-6-4-3-5-7-14)22-8-9-23(16(24)13-22)15-11-20-21(2)12-15;/h3-7,11-12H,8-10,13H2,1-2H3,(H,18,19);1H. The Kier molecular flexibility index (Phi) is 6.80. The highest BCUT2D eigenvalue weighted by Crippen LogP contribution is 2.16. The molecule has 1 saturated heterocycles. The van der Waals surface area contributed by atoms with Crippen molar-refractivity contribution >= 4 is 41.5 Å². The van der Waals surface area contributed by atoms with E-state index in [0.29, 0.717) is 19.6 Å². The number of nitrogens with zero attached hydrogens (tertiary/aromatic N) is 5. The number of anilines is 1. The van der Waals surface area contributed by atoms with Crippen LogP contribution in [0, 0.1) is 0 Å². The van der Waals surface area contributed by atoms with Gasteiger partial charge in [-0.15, -0.1) is 24.0 Å². The molecular weight excluding hydrogens is 431 g/mol. The third-order valence-corrected chi connectivity index (χ3v) is 4.03. The number of hydrogen-bond acceptors (Lipinski definition) is 3. The van der Waals surface area contributed by atoms with E-state index in [1.807, 2.05) is 36.3 Å². The molecule has 0 spiro atoms. The summed E-state index contributed by atoms with van der Waals surface area (Å²) >= 11 is 0. The average Bonchev–Trinajstić information content (AvgIpc) is 3.02. The van der Waals surface area contributed by atoms with E-state index in [1.165, 1.54) is 5.56 Å². The van der Waals surface area contributed by atoms with E-state index in [2.05, 4.69) is 27.5 Å². The third kappa shape index (κ3) is 4.71. The van der Waals surface area contributed by atoms with Gasteiger partial charge in [-0.1, -0.05) is 30.3 Å². The van der Waals surface area contributed by atoms with Crippen molar-refractivity contribution in [1.29, 1.82) is 0 Å². The maximum atomic E-state index is 12.5. The number of carbonyl (C=O) groups excluding carboxylic acids is 1. The molecule has 0 saturated carbocycles. The minimum Gasteiger partial charge on any atom is -0.352 e. The van der Waals surface area contributed by atoms with Crippen molar-refractivity contribution in [2.24, 2.45) is 12.0 Å². The van der Waals surface area contributed by atoms with Gasteiger partial charge in [0.2, 0.25) is 5.91 Å². The number of aryl methyl sites for hydroxylation is 1. The van der Waals surface area contributed by atoms with E-state index in [1.54, 1.807) is 22.8 Å². The molecule has 1 aliphatic rings. The zero-order valence-electron chi connectivity index (χ0n) is 14.4. The lowest BCUT2D eigenvalue weighted by atomic mass is 10.2. The Morgan fingerprint density at radius 1 is 1.28 bits per heavy atom. The molecule has 25 heavy (non-hydrogen) atoms. The van der Waals surface area contributed by atoms with Crippen molar-refractivity contribution in [3.63, 3.8) is 0 Å². The molecule has 0 atom stereocenters. The molecule has 8 heteroatoms. The van der Waals surface area contributed by atoms with E-state index in [0.717, 1.165) is 18.2 Å². The first-order valence-electron chi connectivity index (χ1n) is 7.96. The van der Waals surface area contributed by atoms with Gasteiger partial charge in [-0.05, 0) is 5.56 Å². The van der Waals surface area contributed by atoms with Gasteiger partial charge in [-0.25, -0.2) is 0 Å². The number of carbonyl (C=O) groups is 1. The molecule has 1 aromatic carbocycles. The second-order valence-corrected chi connectivity index (χ2v) is 5.73. The summed E-state index contributed by atoms with van der Waals surface area (Å²) in [5.41, 5.74) is 2.02. The van der Waals surface area contributed by atoms with Gasteiger partial charge in [0, 0.05) is 39.9 Å². The molecule has 2 aromatic rings. The Morgan fingerprint density at radius 3 is 2.64 bits per heavy atom. The summed E-state index contributed by atoms with van der Waals surface area (Å²) in [6.45, 7) is 2.35. The lowest BCUT2D eigenvalue weighted by molar-refractivity contribution is -0.120. The summed E-state index contributed by atoms with van der Waals surface area (Å²) in [7, 11) is 3.59. The Morgan fingerprint density at radius 2 is 2.04 bits per heavy atom. The molecule has 0 bridgehead atoms. The van der Waals surface area contributed by atoms with Crippen LogP contribution in [0.5, 0.6) is 0 Å². The average molecular weight is 454 g/mol. The van der Waals surface area contributed by atoms with Crippen LogP contribution in [0.25, 0.3) is 0 Å². The lowest BCUT2D eigenvalue weighted by Crippen LogP contribution is -2.55. The summed E-state index contributed by atoms with van der Waals surface area (Å²) in [5.74, 6) is 0.801. The predicted molar refractivity (Wildman–Crippen MR) is 109 cm³/mol. The zero-order chi connectivity index (χ0) is 16.9. The Hall–Kier alpha value is -2.10. The number of guanidine groups is 1. The highest BCUT2D eigenvalue weighted by atomic mass is 127. The van der Waals surface area contributed by atoms with Crippen LogP contribution in [0.2, 0.25) is 0 Å². The molecule has 134 valence electrons. The van der Waals surface area contributed by atoms with Gasteiger partial charge in [0.25, 0.3) is 0 Å². The van der Waals surface area contributed by atoms with Crippen molar-refractivity contribution in [2.75, 3.05) is 31.6 Å². The van der Waals surface area contributed by atoms with E-state index >= 15 is 0 Å².